The van der Waals surface area contributed by atoms with Gasteiger partial charge >= 0.3 is 0 Å². The highest BCUT2D eigenvalue weighted by Crippen LogP contribution is 2.26. The Labute approximate surface area is 121 Å². The molecule has 0 aliphatic rings. The van der Waals surface area contributed by atoms with E-state index in [2.05, 4.69) is 10.3 Å². The third-order valence-corrected chi connectivity index (χ3v) is 3.11. The number of nitrogens with one attached hydrogen (secondary N) is 1. The lowest BCUT2D eigenvalue weighted by atomic mass is 10.1. The largest absolute Gasteiger partial charge is 0.496 e. The van der Waals surface area contributed by atoms with Crippen molar-refractivity contribution in [3.63, 3.8) is 0 Å². The Morgan fingerprint density at radius 1 is 1.40 bits per heavy atom. The molecule has 1 amide bonds. The Bertz CT molecular complexity index is 639. The van der Waals surface area contributed by atoms with Crippen molar-refractivity contribution in [3.8, 4) is 5.75 Å². The molecule has 20 heavy (non-hydrogen) atoms. The second kappa shape index (κ2) is 5.79. The van der Waals surface area contributed by atoms with Crippen LogP contribution in [0.4, 0.5) is 11.4 Å². The molecule has 1 heterocycles. The summed E-state index contributed by atoms with van der Waals surface area (Å²) < 4.78 is 5.15. The third-order valence-electron chi connectivity index (χ3n) is 2.82. The number of rotatable bonds is 3. The quantitative estimate of drug-likeness (QED) is 0.673. The summed E-state index contributed by atoms with van der Waals surface area (Å²) in [6.07, 6.45) is 1.58. The zero-order valence-electron chi connectivity index (χ0n) is 11.1. The molecular formula is C14H14ClN3O2. The van der Waals surface area contributed by atoms with E-state index >= 15 is 0 Å². The predicted octanol–water partition coefficient (Wildman–Crippen LogP) is 2.89. The zero-order chi connectivity index (χ0) is 14.7. The molecule has 2 aromatic rings. The maximum absolute atomic E-state index is 12.3. The molecule has 5 nitrogen and oxygen atoms in total. The molecule has 0 spiro atoms. The first-order valence-corrected chi connectivity index (χ1v) is 6.26. The van der Waals surface area contributed by atoms with E-state index in [1.54, 1.807) is 30.5 Å². The highest BCUT2D eigenvalue weighted by atomic mass is 35.5. The van der Waals surface area contributed by atoms with Crippen LogP contribution >= 0.6 is 11.6 Å². The minimum absolute atomic E-state index is 0.237. The van der Waals surface area contributed by atoms with Crippen molar-refractivity contribution < 1.29 is 9.53 Å². The molecular weight excluding hydrogens is 278 g/mol. The number of aromatic nitrogens is 1. The number of nitrogen functional groups attached to an aromatic ring is 1. The Balaban J connectivity index is 2.35. The Morgan fingerprint density at radius 3 is 2.80 bits per heavy atom. The van der Waals surface area contributed by atoms with Gasteiger partial charge in [-0.25, -0.2) is 4.98 Å². The fraction of sp³-hybridized carbons (Fsp3) is 0.143. The number of carbonyl (C=O) groups is 1. The van der Waals surface area contributed by atoms with Crippen LogP contribution in [0.2, 0.25) is 5.15 Å². The molecule has 0 unspecified atom stereocenters. The number of halogens is 1. The number of carbonyl (C=O) groups excluding carboxylic acids is 1. The highest BCUT2D eigenvalue weighted by molar-refractivity contribution is 6.33. The number of amides is 1. The van der Waals surface area contributed by atoms with E-state index in [-0.39, 0.29) is 11.1 Å². The predicted molar refractivity (Wildman–Crippen MR) is 79.3 cm³/mol. The van der Waals surface area contributed by atoms with Crippen molar-refractivity contribution >= 4 is 28.9 Å². The number of methoxy groups -OCH3 is 1. The normalized spacial score (nSPS) is 10.2. The number of aryl methyl sites for hydroxylation is 1. The lowest BCUT2D eigenvalue weighted by Crippen LogP contribution is -2.15. The number of hydrogen-bond donors (Lipinski definition) is 2. The van der Waals surface area contributed by atoms with Gasteiger partial charge in [0.2, 0.25) is 0 Å². The van der Waals surface area contributed by atoms with Gasteiger partial charge in [-0.3, -0.25) is 4.79 Å². The molecule has 1 aromatic carbocycles. The van der Waals surface area contributed by atoms with E-state index in [9.17, 15) is 4.79 Å². The molecule has 0 atom stereocenters. The number of pyridine rings is 1. The standard InChI is InChI=1S/C14H14ClN3O2/c1-8-5-6-17-13(15)12(8)18-14(19)10-7-9(16)3-4-11(10)20-2/h3-7H,16H2,1-2H3,(H,18,19). The van der Waals surface area contributed by atoms with Crippen LogP contribution in [0.1, 0.15) is 15.9 Å². The van der Waals surface area contributed by atoms with Crippen LogP contribution in [0.15, 0.2) is 30.5 Å². The number of hydrogen-bond acceptors (Lipinski definition) is 4. The maximum Gasteiger partial charge on any atom is 0.259 e. The van der Waals surface area contributed by atoms with E-state index < -0.39 is 0 Å². The summed E-state index contributed by atoms with van der Waals surface area (Å²) in [7, 11) is 1.49. The highest BCUT2D eigenvalue weighted by Gasteiger charge is 2.15. The molecule has 0 aliphatic carbocycles. The van der Waals surface area contributed by atoms with E-state index in [4.69, 9.17) is 22.1 Å². The van der Waals surface area contributed by atoms with Crippen molar-refractivity contribution in [2.75, 3.05) is 18.2 Å². The van der Waals surface area contributed by atoms with E-state index in [0.29, 0.717) is 22.7 Å². The van der Waals surface area contributed by atoms with Crippen molar-refractivity contribution in [2.45, 2.75) is 6.92 Å². The van der Waals surface area contributed by atoms with E-state index in [0.717, 1.165) is 5.56 Å². The number of nitrogens with zero attached hydrogens (tertiary/aromatic N) is 1. The maximum atomic E-state index is 12.3. The van der Waals surface area contributed by atoms with Crippen molar-refractivity contribution in [1.29, 1.82) is 0 Å². The number of nitrogens with two attached hydrogens (primary N) is 1. The van der Waals surface area contributed by atoms with Gasteiger partial charge in [-0.15, -0.1) is 0 Å². The lowest BCUT2D eigenvalue weighted by molar-refractivity contribution is 0.102. The SMILES string of the molecule is COc1ccc(N)cc1C(=O)Nc1c(C)ccnc1Cl. The topological polar surface area (TPSA) is 77.2 Å². The average Bonchev–Trinajstić information content (AvgIpc) is 2.43. The summed E-state index contributed by atoms with van der Waals surface area (Å²) in [5.41, 5.74) is 7.81. The van der Waals surface area contributed by atoms with Crippen LogP contribution in [-0.2, 0) is 0 Å². The van der Waals surface area contributed by atoms with Gasteiger partial charge in [0.05, 0.1) is 18.4 Å². The Kier molecular flexibility index (Phi) is 4.10. The van der Waals surface area contributed by atoms with Crippen molar-refractivity contribution in [2.24, 2.45) is 0 Å². The lowest BCUT2D eigenvalue weighted by Gasteiger charge is -2.12. The van der Waals surface area contributed by atoms with Crippen molar-refractivity contribution in [3.05, 3.63) is 46.7 Å². The summed E-state index contributed by atoms with van der Waals surface area (Å²) in [6, 6.07) is 6.62. The molecule has 0 saturated carbocycles. The van der Waals surface area contributed by atoms with Crippen LogP contribution in [0.25, 0.3) is 0 Å². The second-order valence-electron chi connectivity index (χ2n) is 4.21. The van der Waals surface area contributed by atoms with Crippen LogP contribution < -0.4 is 15.8 Å². The Morgan fingerprint density at radius 2 is 2.15 bits per heavy atom. The fourth-order valence-corrected chi connectivity index (χ4v) is 2.01. The van der Waals surface area contributed by atoms with Gasteiger partial charge in [-0.05, 0) is 36.8 Å². The minimum Gasteiger partial charge on any atom is -0.496 e. The first-order chi connectivity index (χ1) is 9.52. The van der Waals surface area contributed by atoms with Gasteiger partial charge in [-0.2, -0.15) is 0 Å². The van der Waals surface area contributed by atoms with Crippen LogP contribution in [0.5, 0.6) is 5.75 Å². The minimum atomic E-state index is -0.354. The molecule has 0 fully saturated rings. The molecule has 3 N–H and O–H groups in total. The number of anilines is 2. The summed E-state index contributed by atoms with van der Waals surface area (Å²) in [5, 5.41) is 2.97. The first-order valence-electron chi connectivity index (χ1n) is 5.89. The molecule has 0 aliphatic heterocycles. The summed E-state index contributed by atoms with van der Waals surface area (Å²) >= 11 is 5.98. The van der Waals surface area contributed by atoms with Gasteiger partial charge in [0.15, 0.2) is 5.15 Å². The molecule has 104 valence electrons. The van der Waals surface area contributed by atoms with Gasteiger partial charge < -0.3 is 15.8 Å². The molecule has 0 bridgehead atoms. The molecule has 2 rings (SSSR count). The van der Waals surface area contributed by atoms with Crippen LogP contribution in [0, 0.1) is 6.92 Å². The summed E-state index contributed by atoms with van der Waals surface area (Å²) in [6.45, 7) is 1.83. The zero-order valence-corrected chi connectivity index (χ0v) is 11.9. The van der Waals surface area contributed by atoms with E-state index in [1.165, 1.54) is 7.11 Å². The second-order valence-corrected chi connectivity index (χ2v) is 4.57. The molecule has 0 saturated heterocycles. The van der Waals surface area contributed by atoms with Gasteiger partial charge in [0.25, 0.3) is 5.91 Å². The molecule has 1 aromatic heterocycles. The average molecular weight is 292 g/mol. The number of ether oxygens (including phenoxy) is 1. The summed E-state index contributed by atoms with van der Waals surface area (Å²) in [4.78, 5) is 16.3. The fourth-order valence-electron chi connectivity index (χ4n) is 1.76. The first kappa shape index (κ1) is 14.1. The van der Waals surface area contributed by atoms with Gasteiger partial charge in [0, 0.05) is 11.9 Å². The van der Waals surface area contributed by atoms with Gasteiger partial charge in [0.1, 0.15) is 5.75 Å². The van der Waals surface area contributed by atoms with E-state index in [1.807, 2.05) is 6.92 Å². The summed E-state index contributed by atoms with van der Waals surface area (Å²) in [5.74, 6) is 0.0847. The molecule has 6 heteroatoms. The van der Waals surface area contributed by atoms with Gasteiger partial charge in [-0.1, -0.05) is 11.6 Å². The van der Waals surface area contributed by atoms with Crippen LogP contribution in [0.3, 0.4) is 0 Å². The van der Waals surface area contributed by atoms with Crippen LogP contribution in [-0.4, -0.2) is 18.0 Å². The van der Waals surface area contributed by atoms with Crippen molar-refractivity contribution in [1.82, 2.24) is 4.98 Å². The monoisotopic (exact) mass is 291 g/mol. The smallest absolute Gasteiger partial charge is 0.259 e. The Hall–Kier alpha value is -2.27. The number of benzene rings is 1. The third kappa shape index (κ3) is 2.83. The molecule has 0 radical (unpaired) electrons.